The van der Waals surface area contributed by atoms with Gasteiger partial charge in [0.25, 0.3) is 0 Å². The summed E-state index contributed by atoms with van der Waals surface area (Å²) in [6, 6.07) is 0. The van der Waals surface area contributed by atoms with Crippen LogP contribution in [0, 0.1) is 6.92 Å². The van der Waals surface area contributed by atoms with E-state index >= 15 is 0 Å². The van der Waals surface area contributed by atoms with E-state index in [1.54, 1.807) is 13.1 Å². The van der Waals surface area contributed by atoms with E-state index in [2.05, 4.69) is 9.97 Å². The van der Waals surface area contributed by atoms with Gasteiger partial charge in [-0.2, -0.15) is 0 Å². The van der Waals surface area contributed by atoms with Gasteiger partial charge in [0, 0.05) is 18.8 Å². The lowest BCUT2D eigenvalue weighted by molar-refractivity contribution is 0.596. The maximum Gasteiger partial charge on any atom is 0.209 e. The van der Waals surface area contributed by atoms with Crippen molar-refractivity contribution < 1.29 is 8.42 Å². The lowest BCUT2D eigenvalue weighted by atomic mass is 10.3. The van der Waals surface area contributed by atoms with Crippen LogP contribution in [0.15, 0.2) is 12.4 Å². The normalized spacial score (nSPS) is 11.5. The highest BCUT2D eigenvalue weighted by atomic mass is 32.2. The molecule has 0 spiro atoms. The number of aromatic nitrogens is 2. The molecule has 0 saturated carbocycles. The first-order valence-corrected chi connectivity index (χ1v) is 5.47. The van der Waals surface area contributed by atoms with Gasteiger partial charge in [-0.3, -0.25) is 9.97 Å². The highest BCUT2D eigenvalue weighted by molar-refractivity contribution is 7.89. The number of sulfonamides is 1. The fourth-order valence-corrected chi connectivity index (χ4v) is 1.38. The van der Waals surface area contributed by atoms with E-state index in [1.807, 2.05) is 0 Å². The first-order chi connectivity index (χ1) is 5.97. The number of nitrogens with two attached hydrogens (primary N) is 1. The smallest absolute Gasteiger partial charge is 0.209 e. The first-order valence-electron chi connectivity index (χ1n) is 3.75. The molecular formula is C7H11N3O2S. The van der Waals surface area contributed by atoms with Gasteiger partial charge in [0.15, 0.2) is 0 Å². The quantitative estimate of drug-likeness (QED) is 0.722. The van der Waals surface area contributed by atoms with Crippen LogP contribution in [0.5, 0.6) is 0 Å². The van der Waals surface area contributed by atoms with Crippen molar-refractivity contribution in [2.45, 2.75) is 13.3 Å². The van der Waals surface area contributed by atoms with E-state index in [0.29, 0.717) is 12.1 Å². The summed E-state index contributed by atoms with van der Waals surface area (Å²) in [5.41, 5.74) is 1.42. The molecule has 0 aliphatic carbocycles. The molecule has 1 aromatic heterocycles. The average Bonchev–Trinajstić information content (AvgIpc) is 2.00. The highest BCUT2D eigenvalue weighted by Crippen LogP contribution is 1.97. The summed E-state index contributed by atoms with van der Waals surface area (Å²) in [5.74, 6) is -0.0921. The summed E-state index contributed by atoms with van der Waals surface area (Å²) in [5, 5.41) is 4.85. The SMILES string of the molecule is Cc1cncc(CCS(N)(=O)=O)n1. The van der Waals surface area contributed by atoms with Gasteiger partial charge in [-0.1, -0.05) is 0 Å². The molecule has 72 valence electrons. The zero-order chi connectivity index (χ0) is 9.90. The molecule has 2 N–H and O–H groups in total. The minimum absolute atomic E-state index is 0.0921. The second-order valence-corrected chi connectivity index (χ2v) is 4.50. The second-order valence-electron chi connectivity index (χ2n) is 2.77. The first kappa shape index (κ1) is 10.1. The fourth-order valence-electron chi connectivity index (χ4n) is 0.883. The maximum absolute atomic E-state index is 10.6. The van der Waals surface area contributed by atoms with Crippen molar-refractivity contribution in [3.8, 4) is 0 Å². The minimum Gasteiger partial charge on any atom is -0.261 e. The average molecular weight is 201 g/mol. The van der Waals surface area contributed by atoms with E-state index in [1.165, 1.54) is 6.20 Å². The van der Waals surface area contributed by atoms with Crippen LogP contribution in [0.2, 0.25) is 0 Å². The van der Waals surface area contributed by atoms with Crippen LogP contribution < -0.4 is 5.14 Å². The van der Waals surface area contributed by atoms with E-state index in [9.17, 15) is 8.42 Å². The van der Waals surface area contributed by atoms with Crippen molar-refractivity contribution in [1.82, 2.24) is 9.97 Å². The number of hydrogen-bond donors (Lipinski definition) is 1. The van der Waals surface area contributed by atoms with Gasteiger partial charge in [0.1, 0.15) is 0 Å². The third kappa shape index (κ3) is 3.95. The zero-order valence-corrected chi connectivity index (χ0v) is 8.08. The van der Waals surface area contributed by atoms with Crippen molar-refractivity contribution in [3.63, 3.8) is 0 Å². The molecule has 1 aromatic rings. The molecule has 0 atom stereocenters. The summed E-state index contributed by atoms with van der Waals surface area (Å²) in [4.78, 5) is 7.98. The van der Waals surface area contributed by atoms with E-state index < -0.39 is 10.0 Å². The number of rotatable bonds is 3. The van der Waals surface area contributed by atoms with Crippen molar-refractivity contribution in [1.29, 1.82) is 0 Å². The van der Waals surface area contributed by atoms with Crippen molar-refractivity contribution >= 4 is 10.0 Å². The van der Waals surface area contributed by atoms with Gasteiger partial charge in [-0.15, -0.1) is 0 Å². The summed E-state index contributed by atoms with van der Waals surface area (Å²) >= 11 is 0. The number of primary sulfonamides is 1. The standard InChI is InChI=1S/C7H11N3O2S/c1-6-4-9-5-7(10-6)2-3-13(8,11)12/h4-5H,2-3H2,1H3,(H2,8,11,12). The molecule has 0 fully saturated rings. The molecule has 5 nitrogen and oxygen atoms in total. The predicted molar refractivity (Wildman–Crippen MR) is 48.4 cm³/mol. The van der Waals surface area contributed by atoms with Crippen LogP contribution in [0.3, 0.4) is 0 Å². The van der Waals surface area contributed by atoms with Crippen LogP contribution in [0.1, 0.15) is 11.4 Å². The summed E-state index contributed by atoms with van der Waals surface area (Å²) in [6.07, 6.45) is 3.46. The molecular weight excluding hydrogens is 190 g/mol. The van der Waals surface area contributed by atoms with Gasteiger partial charge < -0.3 is 0 Å². The largest absolute Gasteiger partial charge is 0.261 e. The molecule has 0 amide bonds. The Bertz CT molecular complexity index is 388. The molecule has 1 heterocycles. The highest BCUT2D eigenvalue weighted by Gasteiger charge is 2.04. The Balaban J connectivity index is 2.65. The lowest BCUT2D eigenvalue weighted by Gasteiger charge is -1.99. The van der Waals surface area contributed by atoms with Gasteiger partial charge in [-0.05, 0) is 6.92 Å². The maximum atomic E-state index is 10.6. The Hall–Kier alpha value is -1.01. The van der Waals surface area contributed by atoms with Crippen LogP contribution in [0.4, 0.5) is 0 Å². The summed E-state index contributed by atoms with van der Waals surface area (Å²) < 4.78 is 21.2. The molecule has 0 aromatic carbocycles. The number of nitrogens with zero attached hydrogens (tertiary/aromatic N) is 2. The lowest BCUT2D eigenvalue weighted by Crippen LogP contribution is -2.18. The van der Waals surface area contributed by atoms with Crippen LogP contribution in [-0.4, -0.2) is 24.1 Å². The fraction of sp³-hybridized carbons (Fsp3) is 0.429. The predicted octanol–water partition coefficient (Wildman–Crippen LogP) is -0.384. The third-order valence-electron chi connectivity index (χ3n) is 1.45. The summed E-state index contributed by atoms with van der Waals surface area (Å²) in [7, 11) is -3.40. The van der Waals surface area contributed by atoms with Gasteiger partial charge in [0.2, 0.25) is 10.0 Å². The molecule has 1 rings (SSSR count). The Morgan fingerprint density at radius 2 is 2.15 bits per heavy atom. The summed E-state index contributed by atoms with van der Waals surface area (Å²) in [6.45, 7) is 1.80. The van der Waals surface area contributed by atoms with Crippen molar-refractivity contribution in [2.24, 2.45) is 5.14 Å². The van der Waals surface area contributed by atoms with Crippen LogP contribution in [0.25, 0.3) is 0 Å². The molecule has 6 heteroatoms. The molecule has 0 saturated heterocycles. The Morgan fingerprint density at radius 1 is 1.46 bits per heavy atom. The monoisotopic (exact) mass is 201 g/mol. The van der Waals surface area contributed by atoms with Crippen LogP contribution >= 0.6 is 0 Å². The second kappa shape index (κ2) is 3.80. The Kier molecular flexibility index (Phi) is 2.94. The van der Waals surface area contributed by atoms with Crippen molar-refractivity contribution in [2.75, 3.05) is 5.75 Å². The van der Waals surface area contributed by atoms with Crippen LogP contribution in [-0.2, 0) is 16.4 Å². The van der Waals surface area contributed by atoms with E-state index in [-0.39, 0.29) is 5.75 Å². The topological polar surface area (TPSA) is 85.9 Å². The number of hydrogen-bond acceptors (Lipinski definition) is 4. The van der Waals surface area contributed by atoms with Gasteiger partial charge in [0.05, 0.1) is 17.1 Å². The van der Waals surface area contributed by atoms with E-state index in [4.69, 9.17) is 5.14 Å². The van der Waals surface area contributed by atoms with Gasteiger partial charge >= 0.3 is 0 Å². The molecule has 0 bridgehead atoms. The molecule has 0 aliphatic heterocycles. The zero-order valence-electron chi connectivity index (χ0n) is 7.27. The molecule has 13 heavy (non-hydrogen) atoms. The Morgan fingerprint density at radius 3 is 2.69 bits per heavy atom. The Labute approximate surface area is 77.1 Å². The third-order valence-corrected chi connectivity index (χ3v) is 2.22. The minimum atomic E-state index is -3.40. The van der Waals surface area contributed by atoms with Gasteiger partial charge in [-0.25, -0.2) is 13.6 Å². The number of aryl methyl sites for hydroxylation is 2. The van der Waals surface area contributed by atoms with Crippen molar-refractivity contribution in [3.05, 3.63) is 23.8 Å². The molecule has 0 radical (unpaired) electrons. The molecule has 0 unspecified atom stereocenters. The molecule has 0 aliphatic rings. The van der Waals surface area contributed by atoms with E-state index in [0.717, 1.165) is 5.69 Å².